The zero-order chi connectivity index (χ0) is 18.5. The van der Waals surface area contributed by atoms with Gasteiger partial charge in [-0.25, -0.2) is 4.79 Å². The van der Waals surface area contributed by atoms with Gasteiger partial charge < -0.3 is 14.4 Å². The fourth-order valence-corrected chi connectivity index (χ4v) is 3.55. The third-order valence-corrected chi connectivity index (χ3v) is 4.70. The Balaban J connectivity index is 1.57. The van der Waals surface area contributed by atoms with Crippen molar-refractivity contribution in [3.63, 3.8) is 0 Å². The number of nitrogens with zero attached hydrogens (tertiary/aromatic N) is 1. The van der Waals surface area contributed by atoms with Crippen molar-refractivity contribution >= 4 is 23.3 Å². The number of halogens is 1. The maximum Gasteiger partial charge on any atom is 0.349 e. The number of aryl methyl sites for hydroxylation is 2. The first-order valence-electron chi connectivity index (χ1n) is 8.97. The van der Waals surface area contributed by atoms with Crippen molar-refractivity contribution < 1.29 is 14.3 Å². The summed E-state index contributed by atoms with van der Waals surface area (Å²) >= 11 is 6.39. The fourth-order valence-electron chi connectivity index (χ4n) is 3.26. The molecule has 0 bridgehead atoms. The number of benzene rings is 2. The summed E-state index contributed by atoms with van der Waals surface area (Å²) < 4.78 is 10.9. The average Bonchev–Trinajstić information content (AvgIpc) is 2.60. The normalized spacial score (nSPS) is 14.2. The van der Waals surface area contributed by atoms with Crippen molar-refractivity contribution in [1.82, 2.24) is 0 Å². The number of esters is 1. The number of carbonyl (C=O) groups is 1. The van der Waals surface area contributed by atoms with Gasteiger partial charge in [0, 0.05) is 19.2 Å². The first-order chi connectivity index (χ1) is 12.5. The van der Waals surface area contributed by atoms with Crippen molar-refractivity contribution in [2.45, 2.75) is 33.1 Å². The summed E-state index contributed by atoms with van der Waals surface area (Å²) in [6, 6.07) is 11.2. The molecule has 4 nitrogen and oxygen atoms in total. The Morgan fingerprint density at radius 3 is 2.35 bits per heavy atom. The van der Waals surface area contributed by atoms with Crippen LogP contribution in [0.1, 0.15) is 30.4 Å². The fraction of sp³-hybridized carbons (Fsp3) is 0.381. The van der Waals surface area contributed by atoms with E-state index in [0.717, 1.165) is 29.9 Å². The van der Waals surface area contributed by atoms with Crippen LogP contribution in [0.3, 0.4) is 0 Å². The number of anilines is 1. The van der Waals surface area contributed by atoms with E-state index in [1.54, 1.807) is 12.1 Å². The molecule has 0 aromatic heterocycles. The monoisotopic (exact) mass is 373 g/mol. The van der Waals surface area contributed by atoms with Gasteiger partial charge in [0.25, 0.3) is 0 Å². The lowest BCUT2D eigenvalue weighted by atomic mass is 10.1. The van der Waals surface area contributed by atoms with Gasteiger partial charge in [0.15, 0.2) is 6.61 Å². The van der Waals surface area contributed by atoms with Crippen LogP contribution in [0.2, 0.25) is 5.02 Å². The molecule has 3 rings (SSSR count). The molecule has 0 unspecified atom stereocenters. The average molecular weight is 374 g/mol. The minimum absolute atomic E-state index is 0.144. The molecule has 2 aromatic rings. The zero-order valence-corrected chi connectivity index (χ0v) is 16.0. The molecule has 0 N–H and O–H groups in total. The third-order valence-electron chi connectivity index (χ3n) is 4.40. The zero-order valence-electron chi connectivity index (χ0n) is 15.3. The molecule has 0 saturated carbocycles. The second-order valence-corrected chi connectivity index (χ2v) is 7.15. The Bertz CT molecular complexity index is 765. The number of piperidine rings is 1. The predicted octanol–water partition coefficient (Wildman–Crippen LogP) is 4.93. The molecule has 0 radical (unpaired) electrons. The van der Waals surface area contributed by atoms with E-state index >= 15 is 0 Å². The molecule has 2 aromatic carbocycles. The van der Waals surface area contributed by atoms with Crippen molar-refractivity contribution in [2.75, 3.05) is 24.6 Å². The molecule has 0 aliphatic carbocycles. The molecule has 1 saturated heterocycles. The van der Waals surface area contributed by atoms with Crippen LogP contribution in [0.25, 0.3) is 0 Å². The highest BCUT2D eigenvalue weighted by atomic mass is 35.5. The molecule has 138 valence electrons. The first-order valence-corrected chi connectivity index (χ1v) is 9.35. The van der Waals surface area contributed by atoms with Crippen LogP contribution < -0.4 is 14.4 Å². The van der Waals surface area contributed by atoms with Gasteiger partial charge in [-0.05, 0) is 68.5 Å². The van der Waals surface area contributed by atoms with Crippen LogP contribution in [0, 0.1) is 13.8 Å². The summed E-state index contributed by atoms with van der Waals surface area (Å²) in [6.45, 7) is 5.87. The Morgan fingerprint density at radius 2 is 1.69 bits per heavy atom. The highest BCUT2D eigenvalue weighted by molar-refractivity contribution is 6.33. The van der Waals surface area contributed by atoms with Gasteiger partial charge in [0.1, 0.15) is 11.5 Å². The van der Waals surface area contributed by atoms with Crippen molar-refractivity contribution in [1.29, 1.82) is 0 Å². The van der Waals surface area contributed by atoms with E-state index in [-0.39, 0.29) is 6.61 Å². The standard InChI is InChI=1S/C21H24ClNO3/c1-15-10-16(2)12-18(11-15)25-14-21(24)26-17-6-7-20(19(22)13-17)23-8-4-3-5-9-23/h6-7,10-13H,3-5,8-9,14H2,1-2H3. The highest BCUT2D eigenvalue weighted by Gasteiger charge is 2.15. The molecule has 0 amide bonds. The van der Waals surface area contributed by atoms with Crippen molar-refractivity contribution in [3.8, 4) is 11.5 Å². The smallest absolute Gasteiger partial charge is 0.349 e. The molecule has 1 aliphatic rings. The second kappa shape index (κ2) is 8.45. The third kappa shape index (κ3) is 4.92. The number of ether oxygens (including phenoxy) is 2. The van der Waals surface area contributed by atoms with Gasteiger partial charge in [-0.3, -0.25) is 0 Å². The first kappa shape index (κ1) is 18.6. The van der Waals surface area contributed by atoms with Crippen LogP contribution in [0.5, 0.6) is 11.5 Å². The van der Waals surface area contributed by atoms with Gasteiger partial charge in [0.05, 0.1) is 10.7 Å². The molecule has 26 heavy (non-hydrogen) atoms. The summed E-state index contributed by atoms with van der Waals surface area (Å²) in [4.78, 5) is 14.3. The lowest BCUT2D eigenvalue weighted by Gasteiger charge is -2.29. The lowest BCUT2D eigenvalue weighted by molar-refractivity contribution is -0.136. The molecule has 1 heterocycles. The summed E-state index contributed by atoms with van der Waals surface area (Å²) in [5, 5.41) is 0.604. The van der Waals surface area contributed by atoms with E-state index in [1.807, 2.05) is 32.0 Å². The van der Waals surface area contributed by atoms with Crippen LogP contribution in [-0.4, -0.2) is 25.7 Å². The van der Waals surface area contributed by atoms with Crippen molar-refractivity contribution in [2.24, 2.45) is 0 Å². The molecule has 5 heteroatoms. The quantitative estimate of drug-likeness (QED) is 0.550. The molecule has 0 atom stereocenters. The Morgan fingerprint density at radius 1 is 1.00 bits per heavy atom. The highest BCUT2D eigenvalue weighted by Crippen LogP contribution is 2.31. The van der Waals surface area contributed by atoms with E-state index in [2.05, 4.69) is 11.0 Å². The van der Waals surface area contributed by atoms with E-state index in [4.69, 9.17) is 21.1 Å². The number of hydrogen-bond donors (Lipinski definition) is 0. The number of rotatable bonds is 5. The SMILES string of the molecule is Cc1cc(C)cc(OCC(=O)Oc2ccc(N3CCCCC3)c(Cl)c2)c1. The van der Waals surface area contributed by atoms with Crippen LogP contribution in [0.4, 0.5) is 5.69 Å². The summed E-state index contributed by atoms with van der Waals surface area (Å²) in [6.07, 6.45) is 3.63. The molecular weight excluding hydrogens is 350 g/mol. The molecular formula is C21H24ClNO3. The maximum absolute atomic E-state index is 12.1. The minimum Gasteiger partial charge on any atom is -0.482 e. The Hall–Kier alpha value is -2.20. The maximum atomic E-state index is 12.1. The largest absolute Gasteiger partial charge is 0.482 e. The summed E-state index contributed by atoms with van der Waals surface area (Å²) in [5.74, 6) is 0.647. The van der Waals surface area contributed by atoms with E-state index in [1.165, 1.54) is 19.3 Å². The van der Waals surface area contributed by atoms with Crippen LogP contribution >= 0.6 is 11.6 Å². The minimum atomic E-state index is -0.453. The van der Waals surface area contributed by atoms with Crippen LogP contribution in [-0.2, 0) is 4.79 Å². The number of hydrogen-bond acceptors (Lipinski definition) is 4. The molecule has 1 fully saturated rings. The van der Waals surface area contributed by atoms with E-state index < -0.39 is 5.97 Å². The molecule has 1 aliphatic heterocycles. The van der Waals surface area contributed by atoms with Gasteiger partial charge in [-0.15, -0.1) is 0 Å². The topological polar surface area (TPSA) is 38.8 Å². The van der Waals surface area contributed by atoms with Gasteiger partial charge in [0.2, 0.25) is 0 Å². The molecule has 0 spiro atoms. The van der Waals surface area contributed by atoms with Gasteiger partial charge in [-0.1, -0.05) is 17.7 Å². The summed E-state index contributed by atoms with van der Waals surface area (Å²) in [7, 11) is 0. The Labute approximate surface area is 159 Å². The lowest BCUT2D eigenvalue weighted by Crippen LogP contribution is -2.29. The summed E-state index contributed by atoms with van der Waals surface area (Å²) in [5.41, 5.74) is 3.18. The van der Waals surface area contributed by atoms with Crippen LogP contribution in [0.15, 0.2) is 36.4 Å². The van der Waals surface area contributed by atoms with Gasteiger partial charge in [-0.2, -0.15) is 0 Å². The van der Waals surface area contributed by atoms with E-state index in [9.17, 15) is 4.79 Å². The van der Waals surface area contributed by atoms with Gasteiger partial charge >= 0.3 is 5.97 Å². The number of carbonyl (C=O) groups excluding carboxylic acids is 1. The van der Waals surface area contributed by atoms with Crippen molar-refractivity contribution in [3.05, 3.63) is 52.5 Å². The Kier molecular flexibility index (Phi) is 6.04. The van der Waals surface area contributed by atoms with E-state index in [0.29, 0.717) is 16.5 Å². The second-order valence-electron chi connectivity index (χ2n) is 6.75. The predicted molar refractivity (Wildman–Crippen MR) is 105 cm³/mol.